The van der Waals surface area contributed by atoms with Gasteiger partial charge in [0.05, 0.1) is 6.61 Å². The van der Waals surface area contributed by atoms with Crippen LogP contribution in [-0.2, 0) is 6.61 Å². The summed E-state index contributed by atoms with van der Waals surface area (Å²) in [5.74, 6) is -0.228. The fraction of sp³-hybridized carbons (Fsp3) is 0.364. The van der Waals surface area contributed by atoms with Crippen LogP contribution in [0.1, 0.15) is 12.5 Å². The van der Waals surface area contributed by atoms with E-state index in [2.05, 4.69) is 11.6 Å². The number of rotatable bonds is 4. The van der Waals surface area contributed by atoms with Crippen molar-refractivity contribution in [2.24, 2.45) is 0 Å². The van der Waals surface area contributed by atoms with Crippen molar-refractivity contribution < 1.29 is 9.50 Å². The van der Waals surface area contributed by atoms with E-state index >= 15 is 0 Å². The van der Waals surface area contributed by atoms with Gasteiger partial charge in [-0.1, -0.05) is 12.2 Å². The number of pyridine rings is 1. The molecule has 0 bridgehead atoms. The number of anilines is 1. The van der Waals surface area contributed by atoms with Crippen LogP contribution in [0.15, 0.2) is 24.4 Å². The minimum atomic E-state index is -0.469. The van der Waals surface area contributed by atoms with Gasteiger partial charge in [-0.2, -0.15) is 0 Å². The van der Waals surface area contributed by atoms with Crippen molar-refractivity contribution in [1.29, 1.82) is 0 Å². The molecule has 1 aromatic rings. The molecule has 1 aromatic heterocycles. The van der Waals surface area contributed by atoms with Crippen molar-refractivity contribution >= 4 is 5.82 Å². The molecule has 0 amide bonds. The topological polar surface area (TPSA) is 36.4 Å². The van der Waals surface area contributed by atoms with Gasteiger partial charge in [-0.25, -0.2) is 9.37 Å². The number of aliphatic hydroxyl groups excluding tert-OH is 1. The molecule has 0 spiro atoms. The highest BCUT2D eigenvalue weighted by Gasteiger charge is 2.12. The molecule has 1 N–H and O–H groups in total. The molecule has 0 atom stereocenters. The van der Waals surface area contributed by atoms with E-state index in [9.17, 15) is 4.39 Å². The quantitative estimate of drug-likeness (QED) is 0.769. The highest BCUT2D eigenvalue weighted by molar-refractivity contribution is 5.43. The predicted octanol–water partition coefficient (Wildman–Crippen LogP) is 1.73. The number of aliphatic hydroxyl groups is 1. The smallest absolute Gasteiger partial charge is 0.171 e. The van der Waals surface area contributed by atoms with Crippen molar-refractivity contribution in [3.05, 3.63) is 35.8 Å². The third-order valence-corrected chi connectivity index (χ3v) is 1.99. The number of likely N-dealkylation sites (N-methyl/N-ethyl adjacent to an activating group) is 1. The maximum absolute atomic E-state index is 13.7. The van der Waals surface area contributed by atoms with Gasteiger partial charge in [0.1, 0.15) is 0 Å². The average Bonchev–Trinajstić information content (AvgIpc) is 2.17. The normalized spacial score (nSPS) is 10.1. The Morgan fingerprint density at radius 2 is 2.33 bits per heavy atom. The lowest BCUT2D eigenvalue weighted by atomic mass is 10.2. The minimum Gasteiger partial charge on any atom is -0.392 e. The fourth-order valence-corrected chi connectivity index (χ4v) is 1.34. The lowest BCUT2D eigenvalue weighted by Gasteiger charge is -2.19. The highest BCUT2D eigenvalue weighted by Crippen LogP contribution is 2.18. The first-order valence-electron chi connectivity index (χ1n) is 4.66. The van der Waals surface area contributed by atoms with Crippen LogP contribution in [0.3, 0.4) is 0 Å². The SMILES string of the molecule is C=C(C)CN(C)c1nccc(CO)c1F. The average molecular weight is 210 g/mol. The first kappa shape index (κ1) is 11.7. The molecule has 1 heterocycles. The molecule has 3 nitrogen and oxygen atoms in total. The standard InChI is InChI=1S/C11H15FN2O/c1-8(2)6-14(3)11-10(12)9(7-15)4-5-13-11/h4-5,15H,1,6-7H2,2-3H3. The number of hydrogen-bond donors (Lipinski definition) is 1. The zero-order valence-corrected chi connectivity index (χ0v) is 9.00. The molecular formula is C11H15FN2O. The second-order valence-electron chi connectivity index (χ2n) is 3.58. The summed E-state index contributed by atoms with van der Waals surface area (Å²) in [6, 6.07) is 1.47. The molecule has 0 unspecified atom stereocenters. The van der Waals surface area contributed by atoms with Gasteiger partial charge in [0.2, 0.25) is 0 Å². The van der Waals surface area contributed by atoms with Crippen LogP contribution in [0.5, 0.6) is 0 Å². The molecule has 15 heavy (non-hydrogen) atoms. The van der Waals surface area contributed by atoms with Gasteiger partial charge < -0.3 is 10.0 Å². The Balaban J connectivity index is 2.98. The molecule has 0 radical (unpaired) electrons. The Kier molecular flexibility index (Phi) is 3.80. The van der Waals surface area contributed by atoms with E-state index in [-0.39, 0.29) is 18.0 Å². The number of hydrogen-bond acceptors (Lipinski definition) is 3. The largest absolute Gasteiger partial charge is 0.392 e. The highest BCUT2D eigenvalue weighted by atomic mass is 19.1. The molecule has 0 aromatic carbocycles. The first-order chi connectivity index (χ1) is 7.06. The molecule has 82 valence electrons. The van der Waals surface area contributed by atoms with E-state index < -0.39 is 5.82 Å². The molecule has 0 fully saturated rings. The maximum atomic E-state index is 13.7. The summed E-state index contributed by atoms with van der Waals surface area (Å²) >= 11 is 0. The summed E-state index contributed by atoms with van der Waals surface area (Å²) < 4.78 is 13.7. The molecule has 0 saturated carbocycles. The van der Waals surface area contributed by atoms with Crippen molar-refractivity contribution in [2.45, 2.75) is 13.5 Å². The van der Waals surface area contributed by atoms with Crippen LogP contribution in [0.25, 0.3) is 0 Å². The van der Waals surface area contributed by atoms with Crippen LogP contribution >= 0.6 is 0 Å². The maximum Gasteiger partial charge on any atom is 0.171 e. The summed E-state index contributed by atoms with van der Waals surface area (Å²) in [4.78, 5) is 5.60. The lowest BCUT2D eigenvalue weighted by Crippen LogP contribution is -2.22. The molecule has 0 aliphatic heterocycles. The molecule has 0 aliphatic carbocycles. The van der Waals surface area contributed by atoms with Crippen LogP contribution in [0.4, 0.5) is 10.2 Å². The van der Waals surface area contributed by atoms with Gasteiger partial charge in [0.15, 0.2) is 11.6 Å². The predicted molar refractivity (Wildman–Crippen MR) is 58.2 cm³/mol. The van der Waals surface area contributed by atoms with Crippen molar-refractivity contribution in [3.8, 4) is 0 Å². The second-order valence-corrected chi connectivity index (χ2v) is 3.58. The summed E-state index contributed by atoms with van der Waals surface area (Å²) in [6.45, 7) is 5.84. The molecule has 0 aliphatic rings. The monoisotopic (exact) mass is 210 g/mol. The van der Waals surface area contributed by atoms with Gasteiger partial charge in [-0.3, -0.25) is 0 Å². The van der Waals surface area contributed by atoms with E-state index in [1.54, 1.807) is 11.9 Å². The van der Waals surface area contributed by atoms with E-state index in [4.69, 9.17) is 5.11 Å². The van der Waals surface area contributed by atoms with E-state index in [1.807, 2.05) is 6.92 Å². The Hall–Kier alpha value is -1.42. The van der Waals surface area contributed by atoms with E-state index in [0.29, 0.717) is 6.54 Å². The van der Waals surface area contributed by atoms with Crippen LogP contribution < -0.4 is 4.90 Å². The summed E-state index contributed by atoms with van der Waals surface area (Å²) in [5, 5.41) is 8.90. The van der Waals surface area contributed by atoms with Crippen LogP contribution in [-0.4, -0.2) is 23.7 Å². The van der Waals surface area contributed by atoms with Crippen LogP contribution in [0.2, 0.25) is 0 Å². The molecule has 1 rings (SSSR count). The third-order valence-electron chi connectivity index (χ3n) is 1.99. The number of halogens is 1. The third kappa shape index (κ3) is 2.76. The summed E-state index contributed by atoms with van der Waals surface area (Å²) in [5.41, 5.74) is 1.18. The van der Waals surface area contributed by atoms with Crippen molar-refractivity contribution in [1.82, 2.24) is 4.98 Å². The summed E-state index contributed by atoms with van der Waals surface area (Å²) in [7, 11) is 1.74. The Morgan fingerprint density at radius 3 is 2.87 bits per heavy atom. The van der Waals surface area contributed by atoms with Gasteiger partial charge in [-0.05, 0) is 13.0 Å². The Morgan fingerprint density at radius 1 is 1.67 bits per heavy atom. The van der Waals surface area contributed by atoms with E-state index in [0.717, 1.165) is 5.57 Å². The molecule has 0 saturated heterocycles. The van der Waals surface area contributed by atoms with Gasteiger partial charge >= 0.3 is 0 Å². The first-order valence-corrected chi connectivity index (χ1v) is 4.66. The second kappa shape index (κ2) is 4.89. The van der Waals surface area contributed by atoms with Crippen molar-refractivity contribution in [3.63, 3.8) is 0 Å². The van der Waals surface area contributed by atoms with Gasteiger partial charge in [0, 0.05) is 25.4 Å². The van der Waals surface area contributed by atoms with Gasteiger partial charge in [0.25, 0.3) is 0 Å². The lowest BCUT2D eigenvalue weighted by molar-refractivity contribution is 0.275. The fourth-order valence-electron chi connectivity index (χ4n) is 1.34. The summed E-state index contributed by atoms with van der Waals surface area (Å²) in [6.07, 6.45) is 1.49. The van der Waals surface area contributed by atoms with E-state index in [1.165, 1.54) is 12.3 Å². The Labute approximate surface area is 88.9 Å². The molecule has 4 heteroatoms. The Bertz CT molecular complexity index is 366. The van der Waals surface area contributed by atoms with Gasteiger partial charge in [-0.15, -0.1) is 0 Å². The van der Waals surface area contributed by atoms with Crippen molar-refractivity contribution in [2.75, 3.05) is 18.5 Å². The zero-order chi connectivity index (χ0) is 11.4. The number of aromatic nitrogens is 1. The van der Waals surface area contributed by atoms with Crippen LogP contribution in [0, 0.1) is 5.82 Å². The minimum absolute atomic E-state index is 0.240. The number of nitrogens with zero attached hydrogens (tertiary/aromatic N) is 2. The zero-order valence-electron chi connectivity index (χ0n) is 9.00. The molecular weight excluding hydrogens is 195 g/mol.